The van der Waals surface area contributed by atoms with Crippen molar-refractivity contribution in [2.75, 3.05) is 5.32 Å². The van der Waals surface area contributed by atoms with Crippen LogP contribution in [0.3, 0.4) is 0 Å². The first-order chi connectivity index (χ1) is 13.0. The van der Waals surface area contributed by atoms with Gasteiger partial charge in [0.25, 0.3) is 0 Å². The average molecular weight is 360 g/mol. The fraction of sp³-hybridized carbons (Fsp3) is 0.316. The van der Waals surface area contributed by atoms with Crippen LogP contribution in [0, 0.1) is 5.41 Å². The number of aryl methyl sites for hydroxylation is 1. The third-order valence-corrected chi connectivity index (χ3v) is 5.27. The van der Waals surface area contributed by atoms with E-state index >= 15 is 0 Å². The molecule has 1 N–H and O–H groups in total. The number of fused-ring (bicyclic) bond motifs is 1. The molecule has 0 aliphatic heterocycles. The molecule has 8 nitrogen and oxygen atoms in total. The summed E-state index contributed by atoms with van der Waals surface area (Å²) < 4.78 is 3.82. The average Bonchev–Trinajstić information content (AvgIpc) is 2.99. The number of aromatic nitrogens is 7. The van der Waals surface area contributed by atoms with Gasteiger partial charge in [-0.05, 0) is 30.0 Å². The van der Waals surface area contributed by atoms with Gasteiger partial charge in [-0.15, -0.1) is 10.2 Å². The first kappa shape index (κ1) is 15.9. The second-order valence-electron chi connectivity index (χ2n) is 7.68. The van der Waals surface area contributed by atoms with Gasteiger partial charge >= 0.3 is 0 Å². The van der Waals surface area contributed by atoms with E-state index in [0.717, 1.165) is 35.0 Å². The Labute approximate surface area is 156 Å². The van der Waals surface area contributed by atoms with Crippen LogP contribution in [0.15, 0.2) is 42.9 Å². The minimum atomic E-state index is 0.320. The minimum Gasteiger partial charge on any atom is -0.309 e. The van der Waals surface area contributed by atoms with Crippen LogP contribution >= 0.6 is 0 Å². The Kier molecular flexibility index (Phi) is 3.30. The zero-order chi connectivity index (χ0) is 18.6. The molecule has 27 heavy (non-hydrogen) atoms. The largest absolute Gasteiger partial charge is 0.309 e. The SMILES string of the molecule is Cn1nccc1Nc1nccc(-c2ccn3c(C4CC4(C)C)nnc3c2)n1. The Morgan fingerprint density at radius 2 is 2.00 bits per heavy atom. The van der Waals surface area contributed by atoms with Crippen molar-refractivity contribution in [3.63, 3.8) is 0 Å². The Morgan fingerprint density at radius 1 is 1.15 bits per heavy atom. The van der Waals surface area contributed by atoms with E-state index in [1.807, 2.05) is 37.5 Å². The molecule has 0 radical (unpaired) electrons. The maximum atomic E-state index is 4.62. The molecular formula is C19H20N8. The van der Waals surface area contributed by atoms with Crippen molar-refractivity contribution >= 4 is 17.4 Å². The van der Waals surface area contributed by atoms with Crippen LogP contribution in [0.25, 0.3) is 16.9 Å². The topological polar surface area (TPSA) is 85.8 Å². The van der Waals surface area contributed by atoms with E-state index in [2.05, 4.69) is 48.8 Å². The lowest BCUT2D eigenvalue weighted by molar-refractivity contribution is 0.606. The molecule has 4 heterocycles. The molecule has 0 bridgehead atoms. The molecule has 0 amide bonds. The van der Waals surface area contributed by atoms with Crippen molar-refractivity contribution < 1.29 is 0 Å². The summed E-state index contributed by atoms with van der Waals surface area (Å²) in [5.74, 6) is 2.88. The molecule has 1 aliphatic rings. The highest BCUT2D eigenvalue weighted by Gasteiger charge is 2.49. The van der Waals surface area contributed by atoms with Crippen LogP contribution in [0.4, 0.5) is 11.8 Å². The van der Waals surface area contributed by atoms with Gasteiger partial charge in [0.15, 0.2) is 5.65 Å². The highest BCUT2D eigenvalue weighted by molar-refractivity contribution is 5.65. The van der Waals surface area contributed by atoms with Crippen LogP contribution in [0.5, 0.6) is 0 Å². The fourth-order valence-corrected chi connectivity index (χ4v) is 3.41. The number of nitrogens with one attached hydrogen (secondary N) is 1. The summed E-state index contributed by atoms with van der Waals surface area (Å²) in [7, 11) is 1.87. The maximum absolute atomic E-state index is 4.62. The molecular weight excluding hydrogens is 340 g/mol. The van der Waals surface area contributed by atoms with Crippen LogP contribution in [-0.2, 0) is 7.05 Å². The quantitative estimate of drug-likeness (QED) is 0.602. The maximum Gasteiger partial charge on any atom is 0.228 e. The van der Waals surface area contributed by atoms with Gasteiger partial charge in [-0.3, -0.25) is 9.08 Å². The van der Waals surface area contributed by atoms with Crippen molar-refractivity contribution in [3.8, 4) is 11.3 Å². The highest BCUT2D eigenvalue weighted by Crippen LogP contribution is 2.57. The van der Waals surface area contributed by atoms with Gasteiger partial charge in [0.2, 0.25) is 5.95 Å². The van der Waals surface area contributed by atoms with Crippen LogP contribution in [-0.4, -0.2) is 34.3 Å². The van der Waals surface area contributed by atoms with E-state index in [4.69, 9.17) is 0 Å². The third-order valence-electron chi connectivity index (χ3n) is 5.27. The summed E-state index contributed by atoms with van der Waals surface area (Å²) >= 11 is 0. The van der Waals surface area contributed by atoms with Gasteiger partial charge in [-0.25, -0.2) is 9.97 Å². The summed E-state index contributed by atoms with van der Waals surface area (Å²) in [5, 5.41) is 16.1. The molecule has 136 valence electrons. The predicted molar refractivity (Wildman–Crippen MR) is 102 cm³/mol. The number of hydrogen-bond acceptors (Lipinski definition) is 6. The Balaban J connectivity index is 1.47. The lowest BCUT2D eigenvalue weighted by Gasteiger charge is -2.07. The smallest absolute Gasteiger partial charge is 0.228 e. The van der Waals surface area contributed by atoms with Gasteiger partial charge < -0.3 is 5.32 Å². The minimum absolute atomic E-state index is 0.320. The standard InChI is InChI=1S/C19H20N8/c1-19(2)11-13(19)17-25-24-16-10-12(6-9-27(16)17)14-4-7-20-18(22-14)23-15-5-8-21-26(15)3/h4-10,13H,11H2,1-3H3,(H,20,22,23). The summed E-state index contributed by atoms with van der Waals surface area (Å²) in [6.07, 6.45) is 6.66. The second-order valence-corrected chi connectivity index (χ2v) is 7.68. The van der Waals surface area contributed by atoms with Crippen molar-refractivity contribution in [3.05, 3.63) is 48.7 Å². The van der Waals surface area contributed by atoms with E-state index in [1.54, 1.807) is 17.1 Å². The summed E-state index contributed by atoms with van der Waals surface area (Å²) in [4.78, 5) is 8.92. The summed E-state index contributed by atoms with van der Waals surface area (Å²) in [6.45, 7) is 4.54. The molecule has 0 saturated heterocycles. The molecule has 5 rings (SSSR count). The molecule has 4 aromatic heterocycles. The molecule has 4 aromatic rings. The van der Waals surface area contributed by atoms with Crippen molar-refractivity contribution in [2.24, 2.45) is 12.5 Å². The van der Waals surface area contributed by atoms with E-state index in [1.165, 1.54) is 0 Å². The van der Waals surface area contributed by atoms with E-state index in [9.17, 15) is 0 Å². The Morgan fingerprint density at radius 3 is 2.74 bits per heavy atom. The van der Waals surface area contributed by atoms with Crippen molar-refractivity contribution in [1.29, 1.82) is 0 Å². The molecule has 1 unspecified atom stereocenters. The normalized spacial score (nSPS) is 18.0. The number of pyridine rings is 1. The summed E-state index contributed by atoms with van der Waals surface area (Å²) in [6, 6.07) is 7.83. The van der Waals surface area contributed by atoms with Gasteiger partial charge in [-0.1, -0.05) is 13.8 Å². The van der Waals surface area contributed by atoms with Crippen LogP contribution in [0.1, 0.15) is 32.0 Å². The molecule has 1 fully saturated rings. The number of anilines is 2. The van der Waals surface area contributed by atoms with Crippen molar-refractivity contribution in [1.82, 2.24) is 34.3 Å². The molecule has 1 aliphatic carbocycles. The number of nitrogens with zero attached hydrogens (tertiary/aromatic N) is 7. The summed E-state index contributed by atoms with van der Waals surface area (Å²) in [5.41, 5.74) is 2.96. The van der Waals surface area contributed by atoms with E-state index < -0.39 is 0 Å². The Bertz CT molecular complexity index is 1140. The van der Waals surface area contributed by atoms with Gasteiger partial charge in [0.05, 0.1) is 11.9 Å². The van der Waals surface area contributed by atoms with Crippen LogP contribution in [0.2, 0.25) is 0 Å². The fourth-order valence-electron chi connectivity index (χ4n) is 3.41. The Hall–Kier alpha value is -3.29. The molecule has 1 atom stereocenters. The first-order valence-electron chi connectivity index (χ1n) is 8.94. The van der Waals surface area contributed by atoms with Gasteiger partial charge in [0, 0.05) is 37.0 Å². The lowest BCUT2D eigenvalue weighted by Crippen LogP contribution is -2.03. The molecule has 0 aromatic carbocycles. The first-order valence-corrected chi connectivity index (χ1v) is 8.94. The molecule has 1 saturated carbocycles. The predicted octanol–water partition coefficient (Wildman–Crippen LogP) is 3.18. The van der Waals surface area contributed by atoms with Crippen molar-refractivity contribution in [2.45, 2.75) is 26.2 Å². The monoisotopic (exact) mass is 360 g/mol. The number of rotatable bonds is 4. The molecule has 0 spiro atoms. The zero-order valence-electron chi connectivity index (χ0n) is 15.5. The number of hydrogen-bond donors (Lipinski definition) is 1. The zero-order valence-corrected chi connectivity index (χ0v) is 15.5. The van der Waals surface area contributed by atoms with Gasteiger partial charge in [-0.2, -0.15) is 5.10 Å². The van der Waals surface area contributed by atoms with E-state index in [-0.39, 0.29) is 0 Å². The lowest BCUT2D eigenvalue weighted by atomic mass is 10.1. The van der Waals surface area contributed by atoms with E-state index in [0.29, 0.717) is 17.3 Å². The molecule has 8 heteroatoms. The van der Waals surface area contributed by atoms with Crippen LogP contribution < -0.4 is 5.32 Å². The second kappa shape index (κ2) is 5.60. The highest BCUT2D eigenvalue weighted by atomic mass is 15.3. The van der Waals surface area contributed by atoms with Gasteiger partial charge in [0.1, 0.15) is 11.6 Å². The third kappa shape index (κ3) is 2.73.